The van der Waals surface area contributed by atoms with Crippen molar-refractivity contribution in [3.8, 4) is 11.4 Å². The van der Waals surface area contributed by atoms with Gasteiger partial charge in [-0.1, -0.05) is 6.92 Å². The maximum atomic E-state index is 14.4. The lowest BCUT2D eigenvalue weighted by molar-refractivity contribution is 0.558. The highest BCUT2D eigenvalue weighted by Gasteiger charge is 2.31. The summed E-state index contributed by atoms with van der Waals surface area (Å²) in [6.45, 7) is 1.87. The smallest absolute Gasteiger partial charge is 0.198 e. The van der Waals surface area contributed by atoms with Crippen molar-refractivity contribution >= 4 is 11.8 Å². The molecule has 0 bridgehead atoms. The topological polar surface area (TPSA) is 69.4 Å². The van der Waals surface area contributed by atoms with Crippen LogP contribution < -0.4 is 0 Å². The Hall–Kier alpha value is -2.35. The van der Waals surface area contributed by atoms with Gasteiger partial charge in [0.1, 0.15) is 11.4 Å². The third kappa shape index (κ3) is 2.77. The third-order valence-electron chi connectivity index (χ3n) is 3.85. The molecular formula is C16H15FN6S. The van der Waals surface area contributed by atoms with Gasteiger partial charge in [0, 0.05) is 24.0 Å². The summed E-state index contributed by atoms with van der Waals surface area (Å²) in [4.78, 5) is 12.2. The van der Waals surface area contributed by atoms with Gasteiger partial charge >= 0.3 is 0 Å². The van der Waals surface area contributed by atoms with E-state index in [1.165, 1.54) is 18.1 Å². The number of pyridine rings is 1. The second kappa shape index (κ2) is 6.27. The van der Waals surface area contributed by atoms with E-state index in [9.17, 15) is 4.39 Å². The minimum absolute atomic E-state index is 0.286. The molecule has 3 heterocycles. The summed E-state index contributed by atoms with van der Waals surface area (Å²) in [5, 5.41) is 9.50. The molecule has 0 N–H and O–H groups in total. The maximum absolute atomic E-state index is 14.4. The molecule has 0 unspecified atom stereocenters. The highest BCUT2D eigenvalue weighted by atomic mass is 32.2. The number of hydrogen-bond donors (Lipinski definition) is 0. The monoisotopic (exact) mass is 342 g/mol. The van der Waals surface area contributed by atoms with E-state index >= 15 is 0 Å². The molecule has 8 heteroatoms. The van der Waals surface area contributed by atoms with Crippen LogP contribution in [-0.2, 0) is 6.42 Å². The minimum Gasteiger partial charge on any atom is -0.299 e. The van der Waals surface area contributed by atoms with Crippen LogP contribution in [0, 0.1) is 5.82 Å². The van der Waals surface area contributed by atoms with Crippen molar-refractivity contribution in [2.45, 2.75) is 42.4 Å². The number of rotatable bonds is 5. The van der Waals surface area contributed by atoms with Gasteiger partial charge in [0.15, 0.2) is 16.8 Å². The Morgan fingerprint density at radius 3 is 2.88 bits per heavy atom. The zero-order valence-electron chi connectivity index (χ0n) is 13.1. The quantitative estimate of drug-likeness (QED) is 0.663. The largest absolute Gasteiger partial charge is 0.299 e. The first kappa shape index (κ1) is 15.2. The zero-order chi connectivity index (χ0) is 16.5. The molecule has 4 rings (SSSR count). The van der Waals surface area contributed by atoms with Crippen molar-refractivity contribution in [2.75, 3.05) is 0 Å². The molecule has 0 amide bonds. The summed E-state index contributed by atoms with van der Waals surface area (Å²) < 4.78 is 16.5. The number of hydrogen-bond acceptors (Lipinski definition) is 6. The van der Waals surface area contributed by atoms with Crippen LogP contribution >= 0.6 is 11.8 Å². The number of aromatic nitrogens is 6. The molecule has 0 saturated heterocycles. The molecule has 122 valence electrons. The summed E-state index contributed by atoms with van der Waals surface area (Å²) in [5.41, 5.74) is 1.32. The normalized spacial score (nSPS) is 14.1. The number of nitrogens with zero attached hydrogens (tertiary/aromatic N) is 6. The van der Waals surface area contributed by atoms with E-state index in [0.29, 0.717) is 23.3 Å². The molecular weight excluding hydrogens is 327 g/mol. The van der Waals surface area contributed by atoms with Crippen LogP contribution in [0.2, 0.25) is 0 Å². The van der Waals surface area contributed by atoms with Crippen molar-refractivity contribution in [3.05, 3.63) is 42.4 Å². The Labute approximate surface area is 142 Å². The number of halogens is 1. The standard InChI is InChI=1S/C16H15FN6S/c1-2-12-13(17)15(20-9-19-12)24-16-22-21-14(23(16)11-5-6-11)10-4-3-7-18-8-10/h3-4,7-9,11H,2,5-6H2,1H3. The molecule has 1 aliphatic rings. The molecule has 0 spiro atoms. The third-order valence-corrected chi connectivity index (χ3v) is 4.79. The number of aryl methyl sites for hydroxylation is 1. The highest BCUT2D eigenvalue weighted by molar-refractivity contribution is 7.99. The van der Waals surface area contributed by atoms with Crippen LogP contribution in [0.1, 0.15) is 31.5 Å². The Morgan fingerprint density at radius 2 is 2.17 bits per heavy atom. The van der Waals surface area contributed by atoms with Crippen LogP contribution in [0.3, 0.4) is 0 Å². The van der Waals surface area contributed by atoms with E-state index in [-0.39, 0.29) is 10.8 Å². The Morgan fingerprint density at radius 1 is 1.29 bits per heavy atom. The van der Waals surface area contributed by atoms with Crippen molar-refractivity contribution in [2.24, 2.45) is 0 Å². The highest BCUT2D eigenvalue weighted by Crippen LogP contribution is 2.42. The SMILES string of the molecule is CCc1ncnc(Sc2nnc(-c3cccnc3)n2C2CC2)c1F. The van der Waals surface area contributed by atoms with E-state index in [1.54, 1.807) is 12.4 Å². The average molecular weight is 342 g/mol. The van der Waals surface area contributed by atoms with E-state index < -0.39 is 0 Å². The van der Waals surface area contributed by atoms with Crippen LogP contribution in [0.4, 0.5) is 4.39 Å². The lowest BCUT2D eigenvalue weighted by Gasteiger charge is -2.09. The van der Waals surface area contributed by atoms with Crippen LogP contribution in [-0.4, -0.2) is 29.7 Å². The van der Waals surface area contributed by atoms with Crippen molar-refractivity contribution in [1.82, 2.24) is 29.7 Å². The molecule has 6 nitrogen and oxygen atoms in total. The molecule has 0 radical (unpaired) electrons. The van der Waals surface area contributed by atoms with E-state index in [1.807, 2.05) is 19.1 Å². The summed E-state index contributed by atoms with van der Waals surface area (Å²) >= 11 is 1.20. The zero-order valence-corrected chi connectivity index (χ0v) is 13.9. The molecule has 1 fully saturated rings. The summed E-state index contributed by atoms with van der Waals surface area (Å²) in [6.07, 6.45) is 7.55. The van der Waals surface area contributed by atoms with Gasteiger partial charge in [-0.25, -0.2) is 14.4 Å². The van der Waals surface area contributed by atoms with Crippen molar-refractivity contribution in [1.29, 1.82) is 0 Å². The van der Waals surface area contributed by atoms with Gasteiger partial charge < -0.3 is 0 Å². The average Bonchev–Trinajstić information content (AvgIpc) is 3.38. The Kier molecular flexibility index (Phi) is 3.97. The predicted molar refractivity (Wildman–Crippen MR) is 87.0 cm³/mol. The molecule has 24 heavy (non-hydrogen) atoms. The van der Waals surface area contributed by atoms with Gasteiger partial charge in [-0.05, 0) is 43.2 Å². The minimum atomic E-state index is -0.377. The molecule has 0 aliphatic heterocycles. The fourth-order valence-electron chi connectivity index (χ4n) is 2.49. The van der Waals surface area contributed by atoms with Crippen molar-refractivity contribution in [3.63, 3.8) is 0 Å². The van der Waals surface area contributed by atoms with E-state index in [0.717, 1.165) is 24.2 Å². The second-order valence-electron chi connectivity index (χ2n) is 5.54. The van der Waals surface area contributed by atoms with Crippen LogP contribution in [0.25, 0.3) is 11.4 Å². The van der Waals surface area contributed by atoms with Gasteiger partial charge in [0.05, 0.1) is 5.69 Å². The Bertz CT molecular complexity index is 862. The lowest BCUT2D eigenvalue weighted by Crippen LogP contribution is -2.02. The first-order chi connectivity index (χ1) is 11.8. The molecule has 3 aromatic rings. The van der Waals surface area contributed by atoms with Gasteiger partial charge in [-0.3, -0.25) is 9.55 Å². The molecule has 1 saturated carbocycles. The fraction of sp³-hybridized carbons (Fsp3) is 0.312. The van der Waals surface area contributed by atoms with Crippen LogP contribution in [0.15, 0.2) is 41.0 Å². The summed E-state index contributed by atoms with van der Waals surface area (Å²) in [5.74, 6) is 0.386. The first-order valence-corrected chi connectivity index (χ1v) is 8.62. The summed E-state index contributed by atoms with van der Waals surface area (Å²) in [7, 11) is 0. The van der Waals surface area contributed by atoms with Gasteiger partial charge in [-0.2, -0.15) is 0 Å². The Balaban J connectivity index is 1.73. The molecule has 3 aromatic heterocycles. The van der Waals surface area contributed by atoms with Gasteiger partial charge in [0.25, 0.3) is 0 Å². The molecule has 0 atom stereocenters. The van der Waals surface area contributed by atoms with E-state index in [2.05, 4.69) is 29.7 Å². The second-order valence-corrected chi connectivity index (χ2v) is 6.50. The maximum Gasteiger partial charge on any atom is 0.198 e. The predicted octanol–water partition coefficient (Wildman–Crippen LogP) is 3.32. The molecule has 1 aliphatic carbocycles. The van der Waals surface area contributed by atoms with E-state index in [4.69, 9.17) is 0 Å². The van der Waals surface area contributed by atoms with Crippen LogP contribution in [0.5, 0.6) is 0 Å². The molecule has 0 aromatic carbocycles. The summed E-state index contributed by atoms with van der Waals surface area (Å²) in [6, 6.07) is 4.17. The van der Waals surface area contributed by atoms with Gasteiger partial charge in [-0.15, -0.1) is 10.2 Å². The first-order valence-electron chi connectivity index (χ1n) is 7.80. The lowest BCUT2D eigenvalue weighted by atomic mass is 10.3. The van der Waals surface area contributed by atoms with Crippen molar-refractivity contribution < 1.29 is 4.39 Å². The van der Waals surface area contributed by atoms with Gasteiger partial charge in [0.2, 0.25) is 0 Å². The fourth-order valence-corrected chi connectivity index (χ4v) is 3.39.